The molecule has 3 heteroatoms. The van der Waals surface area contributed by atoms with Crippen LogP contribution in [-0.2, 0) is 4.79 Å². The van der Waals surface area contributed by atoms with Gasteiger partial charge in [-0.25, -0.2) is 0 Å². The Balaban J connectivity index is 2.47. The number of carbonyl (C=O) groups is 1. The molecule has 1 atom stereocenters. The van der Waals surface area contributed by atoms with Crippen molar-refractivity contribution >= 4 is 5.91 Å². The van der Waals surface area contributed by atoms with E-state index in [4.69, 9.17) is 5.73 Å². The van der Waals surface area contributed by atoms with Crippen LogP contribution in [0.4, 0.5) is 0 Å². The average Bonchev–Trinajstić information content (AvgIpc) is 2.53. The van der Waals surface area contributed by atoms with Gasteiger partial charge in [-0.15, -0.1) is 0 Å². The van der Waals surface area contributed by atoms with Gasteiger partial charge >= 0.3 is 0 Å². The first-order valence-electron chi connectivity index (χ1n) is 6.28. The molecule has 1 aliphatic heterocycles. The zero-order valence-electron chi connectivity index (χ0n) is 9.87. The Morgan fingerprint density at radius 2 is 1.87 bits per heavy atom. The summed E-state index contributed by atoms with van der Waals surface area (Å²) in [4.78, 5) is 14.1. The van der Waals surface area contributed by atoms with Gasteiger partial charge in [-0.2, -0.15) is 0 Å². The second-order valence-electron chi connectivity index (χ2n) is 4.46. The van der Waals surface area contributed by atoms with Gasteiger partial charge in [0.25, 0.3) is 0 Å². The smallest absolute Gasteiger partial charge is 0.226 e. The molecule has 0 aromatic heterocycles. The average molecular weight is 212 g/mol. The molecule has 1 amide bonds. The maximum Gasteiger partial charge on any atom is 0.226 e. The third-order valence-electron chi connectivity index (χ3n) is 3.19. The maximum atomic E-state index is 12.1. The van der Waals surface area contributed by atoms with E-state index in [1.54, 1.807) is 0 Å². The molecule has 1 rings (SSSR count). The molecule has 0 aromatic rings. The van der Waals surface area contributed by atoms with E-state index < -0.39 is 0 Å². The Kier molecular flexibility index (Phi) is 5.69. The lowest BCUT2D eigenvalue weighted by Crippen LogP contribution is -2.39. The summed E-state index contributed by atoms with van der Waals surface area (Å²) in [5.41, 5.74) is 5.66. The normalized spacial score (nSPS) is 19.7. The van der Waals surface area contributed by atoms with Crippen LogP contribution in [-0.4, -0.2) is 30.4 Å². The molecule has 15 heavy (non-hydrogen) atoms. The molecule has 1 saturated heterocycles. The summed E-state index contributed by atoms with van der Waals surface area (Å²) in [5.74, 6) is 0.356. The number of nitrogens with zero attached hydrogens (tertiary/aromatic N) is 1. The molecule has 0 bridgehead atoms. The van der Waals surface area contributed by atoms with Crippen molar-refractivity contribution in [3.63, 3.8) is 0 Å². The summed E-state index contributed by atoms with van der Waals surface area (Å²) in [6.07, 6.45) is 6.84. The van der Waals surface area contributed by atoms with Gasteiger partial charge in [-0.3, -0.25) is 4.79 Å². The molecule has 2 N–H and O–H groups in total. The van der Waals surface area contributed by atoms with E-state index in [2.05, 4.69) is 6.92 Å². The molecule has 1 unspecified atom stereocenters. The van der Waals surface area contributed by atoms with E-state index in [1.165, 1.54) is 12.8 Å². The Morgan fingerprint density at radius 3 is 2.33 bits per heavy atom. The van der Waals surface area contributed by atoms with Crippen molar-refractivity contribution in [3.05, 3.63) is 0 Å². The van der Waals surface area contributed by atoms with Gasteiger partial charge < -0.3 is 10.6 Å². The highest BCUT2D eigenvalue weighted by atomic mass is 16.2. The molecule has 0 aromatic carbocycles. The monoisotopic (exact) mass is 212 g/mol. The first-order chi connectivity index (χ1) is 7.29. The van der Waals surface area contributed by atoms with Crippen LogP contribution >= 0.6 is 0 Å². The van der Waals surface area contributed by atoms with Crippen molar-refractivity contribution < 1.29 is 4.79 Å². The molecule has 3 nitrogen and oxygen atoms in total. The minimum atomic E-state index is 0.0631. The fraction of sp³-hybridized carbons (Fsp3) is 0.917. The first kappa shape index (κ1) is 12.5. The number of likely N-dealkylation sites (tertiary alicyclic amines) is 1. The lowest BCUT2D eigenvalue weighted by Gasteiger charge is -2.25. The highest BCUT2D eigenvalue weighted by molar-refractivity contribution is 5.79. The highest BCUT2D eigenvalue weighted by Crippen LogP contribution is 2.15. The van der Waals surface area contributed by atoms with Gasteiger partial charge in [0.05, 0.1) is 5.92 Å². The maximum absolute atomic E-state index is 12.1. The van der Waals surface area contributed by atoms with Crippen LogP contribution in [0.15, 0.2) is 0 Å². The van der Waals surface area contributed by atoms with Crippen LogP contribution < -0.4 is 5.73 Å². The second kappa shape index (κ2) is 6.83. The highest BCUT2D eigenvalue weighted by Gasteiger charge is 2.22. The minimum Gasteiger partial charge on any atom is -0.342 e. The first-order valence-corrected chi connectivity index (χ1v) is 6.28. The van der Waals surface area contributed by atoms with Crippen LogP contribution in [0.1, 0.15) is 45.4 Å². The number of carbonyl (C=O) groups excluding carboxylic acids is 1. The van der Waals surface area contributed by atoms with Crippen molar-refractivity contribution in [1.82, 2.24) is 4.90 Å². The lowest BCUT2D eigenvalue weighted by molar-refractivity contribution is -0.135. The van der Waals surface area contributed by atoms with Crippen LogP contribution in [0.5, 0.6) is 0 Å². The Morgan fingerprint density at radius 1 is 1.27 bits per heavy atom. The summed E-state index contributed by atoms with van der Waals surface area (Å²) in [5, 5.41) is 0. The second-order valence-corrected chi connectivity index (χ2v) is 4.46. The summed E-state index contributed by atoms with van der Waals surface area (Å²) in [7, 11) is 0. The van der Waals surface area contributed by atoms with Crippen molar-refractivity contribution in [1.29, 1.82) is 0 Å². The molecule has 0 radical (unpaired) electrons. The molecular weight excluding hydrogens is 188 g/mol. The number of rotatable bonds is 4. The van der Waals surface area contributed by atoms with E-state index >= 15 is 0 Å². The Labute approximate surface area is 93.0 Å². The number of hydrogen-bond donors (Lipinski definition) is 1. The third kappa shape index (κ3) is 3.82. The van der Waals surface area contributed by atoms with E-state index in [-0.39, 0.29) is 5.92 Å². The van der Waals surface area contributed by atoms with Gasteiger partial charge in [-0.1, -0.05) is 26.2 Å². The van der Waals surface area contributed by atoms with E-state index in [0.29, 0.717) is 12.5 Å². The molecule has 1 heterocycles. The topological polar surface area (TPSA) is 46.3 Å². The Bertz CT molecular complexity index is 186. The van der Waals surface area contributed by atoms with Crippen LogP contribution in [0.25, 0.3) is 0 Å². The summed E-state index contributed by atoms with van der Waals surface area (Å²) < 4.78 is 0. The molecule has 0 aliphatic carbocycles. The van der Waals surface area contributed by atoms with Gasteiger partial charge in [0.15, 0.2) is 0 Å². The molecular formula is C12H24N2O. The summed E-state index contributed by atoms with van der Waals surface area (Å²) in [6, 6.07) is 0. The zero-order chi connectivity index (χ0) is 11.1. The van der Waals surface area contributed by atoms with E-state index in [1.807, 2.05) is 4.90 Å². The summed E-state index contributed by atoms with van der Waals surface area (Å²) >= 11 is 0. The predicted octanol–water partition coefficient (Wildman–Crippen LogP) is 1.76. The van der Waals surface area contributed by atoms with Crippen LogP contribution in [0, 0.1) is 5.92 Å². The minimum absolute atomic E-state index is 0.0631. The molecule has 88 valence electrons. The number of hydrogen-bond acceptors (Lipinski definition) is 2. The molecule has 1 fully saturated rings. The van der Waals surface area contributed by atoms with E-state index in [9.17, 15) is 4.79 Å². The van der Waals surface area contributed by atoms with Crippen LogP contribution in [0.3, 0.4) is 0 Å². The molecule has 1 aliphatic rings. The quantitative estimate of drug-likeness (QED) is 0.772. The van der Waals surface area contributed by atoms with Gasteiger partial charge in [0, 0.05) is 19.6 Å². The third-order valence-corrected chi connectivity index (χ3v) is 3.19. The van der Waals surface area contributed by atoms with Gasteiger partial charge in [0.1, 0.15) is 0 Å². The lowest BCUT2D eigenvalue weighted by atomic mass is 10.0. The SMILES string of the molecule is CCCC(CN)C(=O)N1CCCCCC1. The van der Waals surface area contributed by atoms with Crippen molar-refractivity contribution in [2.45, 2.75) is 45.4 Å². The molecule has 0 spiro atoms. The van der Waals surface area contributed by atoms with Crippen molar-refractivity contribution in [3.8, 4) is 0 Å². The fourth-order valence-electron chi connectivity index (χ4n) is 2.24. The predicted molar refractivity (Wildman–Crippen MR) is 62.5 cm³/mol. The van der Waals surface area contributed by atoms with Gasteiger partial charge in [0.2, 0.25) is 5.91 Å². The largest absolute Gasteiger partial charge is 0.342 e. The standard InChI is InChI=1S/C12H24N2O/c1-2-7-11(10-13)12(15)14-8-5-3-4-6-9-14/h11H,2-10,13H2,1H3. The molecule has 0 saturated carbocycles. The number of nitrogens with two attached hydrogens (primary N) is 1. The summed E-state index contributed by atoms with van der Waals surface area (Å²) in [6.45, 7) is 4.50. The Hall–Kier alpha value is -0.570. The number of amides is 1. The van der Waals surface area contributed by atoms with Gasteiger partial charge in [-0.05, 0) is 19.3 Å². The fourth-order valence-corrected chi connectivity index (χ4v) is 2.24. The van der Waals surface area contributed by atoms with Crippen molar-refractivity contribution in [2.75, 3.05) is 19.6 Å². The van der Waals surface area contributed by atoms with Crippen LogP contribution in [0.2, 0.25) is 0 Å². The zero-order valence-corrected chi connectivity index (χ0v) is 9.87. The van der Waals surface area contributed by atoms with E-state index in [0.717, 1.165) is 38.8 Å². The van der Waals surface area contributed by atoms with Crippen molar-refractivity contribution in [2.24, 2.45) is 11.7 Å².